The van der Waals surface area contributed by atoms with Gasteiger partial charge in [0.25, 0.3) is 0 Å². The van der Waals surface area contributed by atoms with Crippen molar-refractivity contribution in [2.24, 2.45) is 5.92 Å². The molecule has 0 unspecified atom stereocenters. The van der Waals surface area contributed by atoms with Crippen LogP contribution >= 0.6 is 0 Å². The predicted octanol–water partition coefficient (Wildman–Crippen LogP) is 4.48. The van der Waals surface area contributed by atoms with E-state index in [0.717, 1.165) is 24.8 Å². The van der Waals surface area contributed by atoms with Crippen LogP contribution in [0.5, 0.6) is 0 Å². The van der Waals surface area contributed by atoms with Crippen molar-refractivity contribution in [2.45, 2.75) is 44.9 Å². The Hall–Kier alpha value is -3.62. The molecule has 2 atom stereocenters. The van der Waals surface area contributed by atoms with Crippen LogP contribution in [0, 0.1) is 11.7 Å². The summed E-state index contributed by atoms with van der Waals surface area (Å²) in [5.41, 5.74) is 2.07. The molecule has 0 saturated heterocycles. The summed E-state index contributed by atoms with van der Waals surface area (Å²) in [6.07, 6.45) is 3.23. The Morgan fingerprint density at radius 3 is 2.47 bits per heavy atom. The van der Waals surface area contributed by atoms with Gasteiger partial charge in [-0.3, -0.25) is 4.79 Å². The highest BCUT2D eigenvalue weighted by atomic mass is 19.1. The largest absolute Gasteiger partial charge is 0.357 e. The molecule has 3 aromatic rings. The molecule has 1 aliphatic rings. The zero-order valence-corrected chi connectivity index (χ0v) is 19.0. The second-order valence-corrected chi connectivity index (χ2v) is 8.39. The standard InChI is InChI=1S/C25H28F2N6O/c1-28-24-31-22(16-9-11-20(27)12-10-16)32-25(33-24)30-21-8-4-7-17(13-21)23(34)29-15-19-6-3-2-5-18(19)14-26/h2-3,5-6,9-12,17,21H,4,7-8,13-15H2,1H3,(H,29,34)(H2,28,30,31,32,33)/t17-,21+/m0/s1. The summed E-state index contributed by atoms with van der Waals surface area (Å²) in [5.74, 6) is 0.725. The Labute approximate surface area is 197 Å². The Balaban J connectivity index is 1.41. The molecule has 0 aliphatic heterocycles. The van der Waals surface area contributed by atoms with E-state index in [4.69, 9.17) is 0 Å². The Morgan fingerprint density at radius 1 is 1.00 bits per heavy atom. The molecule has 3 N–H and O–H groups in total. The molecule has 0 radical (unpaired) electrons. The number of alkyl halides is 1. The first-order valence-electron chi connectivity index (χ1n) is 11.4. The predicted molar refractivity (Wildman–Crippen MR) is 127 cm³/mol. The molecule has 1 fully saturated rings. The van der Waals surface area contributed by atoms with Gasteiger partial charge in [-0.1, -0.05) is 30.7 Å². The molecule has 1 heterocycles. The van der Waals surface area contributed by atoms with Crippen molar-refractivity contribution >= 4 is 17.8 Å². The van der Waals surface area contributed by atoms with E-state index in [1.54, 1.807) is 31.3 Å². The van der Waals surface area contributed by atoms with Gasteiger partial charge in [-0.05, 0) is 54.7 Å². The van der Waals surface area contributed by atoms with Gasteiger partial charge < -0.3 is 16.0 Å². The Morgan fingerprint density at radius 2 is 1.74 bits per heavy atom. The third-order valence-corrected chi connectivity index (χ3v) is 6.06. The number of aromatic nitrogens is 3. The zero-order chi connectivity index (χ0) is 23.9. The lowest BCUT2D eigenvalue weighted by atomic mass is 9.85. The van der Waals surface area contributed by atoms with Crippen LogP contribution in [0.3, 0.4) is 0 Å². The van der Waals surface area contributed by atoms with Gasteiger partial charge in [0.1, 0.15) is 12.5 Å². The van der Waals surface area contributed by atoms with Crippen LogP contribution < -0.4 is 16.0 Å². The molecule has 4 rings (SSSR count). The van der Waals surface area contributed by atoms with Crippen LogP contribution in [0.15, 0.2) is 48.5 Å². The van der Waals surface area contributed by atoms with Crippen LogP contribution in [0.1, 0.15) is 36.8 Å². The molecule has 1 amide bonds. The molecule has 1 aliphatic carbocycles. The minimum Gasteiger partial charge on any atom is -0.357 e. The molecule has 9 heteroatoms. The number of nitrogens with zero attached hydrogens (tertiary/aromatic N) is 3. The topological polar surface area (TPSA) is 91.8 Å². The maximum Gasteiger partial charge on any atom is 0.228 e. The maximum absolute atomic E-state index is 13.3. The normalized spacial score (nSPS) is 17.7. The van der Waals surface area contributed by atoms with Crippen LogP contribution in [0.4, 0.5) is 20.7 Å². The number of rotatable bonds is 8. The lowest BCUT2D eigenvalue weighted by Gasteiger charge is -2.29. The molecule has 1 aromatic heterocycles. The minimum atomic E-state index is -0.554. The molecule has 2 aromatic carbocycles. The average Bonchev–Trinajstić information content (AvgIpc) is 2.87. The number of nitrogens with one attached hydrogen (secondary N) is 3. The number of hydrogen-bond acceptors (Lipinski definition) is 6. The van der Waals surface area contributed by atoms with Gasteiger partial charge in [0.15, 0.2) is 5.82 Å². The number of halogens is 2. The first-order chi connectivity index (χ1) is 16.6. The summed E-state index contributed by atoms with van der Waals surface area (Å²) >= 11 is 0. The first-order valence-corrected chi connectivity index (χ1v) is 11.4. The van der Waals surface area contributed by atoms with Crippen molar-refractivity contribution in [1.82, 2.24) is 20.3 Å². The molecule has 0 bridgehead atoms. The van der Waals surface area contributed by atoms with E-state index in [1.807, 2.05) is 12.1 Å². The summed E-state index contributed by atoms with van der Waals surface area (Å²) in [7, 11) is 1.72. The maximum atomic E-state index is 13.3. The van der Waals surface area contributed by atoms with Crippen LogP contribution in [-0.4, -0.2) is 33.9 Å². The second-order valence-electron chi connectivity index (χ2n) is 8.39. The van der Waals surface area contributed by atoms with E-state index >= 15 is 0 Å². The van der Waals surface area contributed by atoms with Gasteiger partial charge in [0.05, 0.1) is 0 Å². The van der Waals surface area contributed by atoms with Gasteiger partial charge in [0, 0.05) is 31.1 Å². The fraction of sp³-hybridized carbons (Fsp3) is 0.360. The van der Waals surface area contributed by atoms with Crippen LogP contribution in [-0.2, 0) is 18.0 Å². The molecule has 178 valence electrons. The summed E-state index contributed by atoms with van der Waals surface area (Å²) in [4.78, 5) is 26.1. The zero-order valence-electron chi connectivity index (χ0n) is 19.0. The van der Waals surface area contributed by atoms with Gasteiger partial charge in [-0.25, -0.2) is 8.78 Å². The molecular formula is C25H28F2N6O. The van der Waals surface area contributed by atoms with Crippen molar-refractivity contribution in [1.29, 1.82) is 0 Å². The van der Waals surface area contributed by atoms with Crippen molar-refractivity contribution in [3.05, 3.63) is 65.5 Å². The number of carbonyl (C=O) groups excluding carboxylic acids is 1. The third kappa shape index (κ3) is 5.84. The molecule has 7 nitrogen and oxygen atoms in total. The van der Waals surface area contributed by atoms with E-state index in [-0.39, 0.29) is 23.7 Å². The van der Waals surface area contributed by atoms with E-state index in [1.165, 1.54) is 12.1 Å². The highest BCUT2D eigenvalue weighted by Crippen LogP contribution is 2.27. The number of anilines is 2. The Kier molecular flexibility index (Phi) is 7.61. The molecule has 34 heavy (non-hydrogen) atoms. The fourth-order valence-electron chi connectivity index (χ4n) is 4.21. The monoisotopic (exact) mass is 466 g/mol. The van der Waals surface area contributed by atoms with E-state index in [0.29, 0.717) is 41.8 Å². The molecule has 0 spiro atoms. The van der Waals surface area contributed by atoms with Crippen molar-refractivity contribution in [3.63, 3.8) is 0 Å². The second kappa shape index (κ2) is 11.0. The highest BCUT2D eigenvalue weighted by molar-refractivity contribution is 5.78. The third-order valence-electron chi connectivity index (χ3n) is 6.06. The number of hydrogen-bond donors (Lipinski definition) is 3. The van der Waals surface area contributed by atoms with Crippen LogP contribution in [0.2, 0.25) is 0 Å². The quantitative estimate of drug-likeness (QED) is 0.454. The number of benzene rings is 2. The van der Waals surface area contributed by atoms with Gasteiger partial charge in [-0.2, -0.15) is 15.0 Å². The smallest absolute Gasteiger partial charge is 0.228 e. The van der Waals surface area contributed by atoms with Gasteiger partial charge in [0.2, 0.25) is 17.8 Å². The van der Waals surface area contributed by atoms with Crippen molar-refractivity contribution in [2.75, 3.05) is 17.7 Å². The van der Waals surface area contributed by atoms with E-state index < -0.39 is 6.67 Å². The summed E-state index contributed by atoms with van der Waals surface area (Å²) in [6.45, 7) is -0.241. The van der Waals surface area contributed by atoms with Crippen LogP contribution in [0.25, 0.3) is 11.4 Å². The van der Waals surface area contributed by atoms with E-state index in [2.05, 4.69) is 30.9 Å². The van der Waals surface area contributed by atoms with Gasteiger partial charge in [-0.15, -0.1) is 0 Å². The highest BCUT2D eigenvalue weighted by Gasteiger charge is 2.28. The Bertz CT molecular complexity index is 1120. The lowest BCUT2D eigenvalue weighted by molar-refractivity contribution is -0.126. The molecular weight excluding hydrogens is 438 g/mol. The van der Waals surface area contributed by atoms with Crippen molar-refractivity contribution in [3.8, 4) is 11.4 Å². The minimum absolute atomic E-state index is 0.0239. The lowest BCUT2D eigenvalue weighted by Crippen LogP contribution is -2.37. The first kappa shape index (κ1) is 23.5. The summed E-state index contributed by atoms with van der Waals surface area (Å²) < 4.78 is 26.5. The van der Waals surface area contributed by atoms with E-state index in [9.17, 15) is 13.6 Å². The fourth-order valence-corrected chi connectivity index (χ4v) is 4.21. The summed E-state index contributed by atoms with van der Waals surface area (Å²) in [5, 5.41) is 9.24. The number of amides is 1. The van der Waals surface area contributed by atoms with Crippen molar-refractivity contribution < 1.29 is 13.6 Å². The average molecular weight is 467 g/mol. The van der Waals surface area contributed by atoms with Gasteiger partial charge >= 0.3 is 0 Å². The molecule has 1 saturated carbocycles. The summed E-state index contributed by atoms with van der Waals surface area (Å²) in [6, 6.07) is 13.2. The number of carbonyl (C=O) groups is 1. The SMILES string of the molecule is CNc1nc(N[C@@H]2CCC[C@H](C(=O)NCc3ccccc3CF)C2)nc(-c2ccc(F)cc2)n1.